The second kappa shape index (κ2) is 11.7. The summed E-state index contributed by atoms with van der Waals surface area (Å²) in [6, 6.07) is 0.0895. The van der Waals surface area contributed by atoms with Crippen LogP contribution in [0.25, 0.3) is 0 Å². The molecule has 3 rings (SSSR count). The molecule has 26 heavy (non-hydrogen) atoms. The summed E-state index contributed by atoms with van der Waals surface area (Å²) in [7, 11) is 0. The summed E-state index contributed by atoms with van der Waals surface area (Å²) in [6.07, 6.45) is 7.75. The van der Waals surface area contributed by atoms with Gasteiger partial charge in [0.2, 0.25) is 5.91 Å². The van der Waals surface area contributed by atoms with E-state index in [0.717, 1.165) is 45.1 Å². The molecule has 2 unspecified atom stereocenters. The number of hydrogen-bond donors (Lipinski definition) is 1. The molecule has 0 spiro atoms. The summed E-state index contributed by atoms with van der Waals surface area (Å²) in [4.78, 5) is 17.2. The lowest BCUT2D eigenvalue weighted by molar-refractivity contribution is -0.135. The van der Waals surface area contributed by atoms with Gasteiger partial charge in [-0.15, -0.1) is 24.8 Å². The average molecular weight is 410 g/mol. The van der Waals surface area contributed by atoms with Crippen LogP contribution in [-0.2, 0) is 9.53 Å². The Morgan fingerprint density at radius 1 is 1.04 bits per heavy atom. The van der Waals surface area contributed by atoms with Gasteiger partial charge in [0.05, 0.1) is 18.2 Å². The van der Waals surface area contributed by atoms with Crippen LogP contribution < -0.4 is 5.32 Å². The second-order valence-corrected chi connectivity index (χ2v) is 8.08. The zero-order valence-corrected chi connectivity index (χ0v) is 18.0. The van der Waals surface area contributed by atoms with Gasteiger partial charge in [-0.25, -0.2) is 0 Å². The number of amides is 1. The number of likely N-dealkylation sites (tertiary alicyclic amines) is 1. The van der Waals surface area contributed by atoms with Crippen molar-refractivity contribution in [3.8, 4) is 0 Å². The van der Waals surface area contributed by atoms with Crippen molar-refractivity contribution in [2.75, 3.05) is 39.3 Å². The van der Waals surface area contributed by atoms with Gasteiger partial charge in [0.1, 0.15) is 0 Å². The van der Waals surface area contributed by atoms with Gasteiger partial charge < -0.3 is 15.0 Å². The molecular formula is C19H37Cl2N3O2. The third kappa shape index (κ3) is 6.83. The third-order valence-corrected chi connectivity index (χ3v) is 5.88. The normalized spacial score (nSPS) is 31.0. The fraction of sp³-hybridized carbons (Fsp3) is 0.947. The molecule has 154 valence electrons. The number of carbonyl (C=O) groups excluding carboxylic acids is 1. The Labute approximate surface area is 171 Å². The number of morpholine rings is 1. The number of ether oxygens (including phenoxy) is 1. The van der Waals surface area contributed by atoms with Gasteiger partial charge in [0.15, 0.2) is 0 Å². The Bertz CT molecular complexity index is 404. The van der Waals surface area contributed by atoms with Crippen LogP contribution in [0, 0.1) is 5.92 Å². The molecule has 3 aliphatic rings. The molecule has 1 amide bonds. The van der Waals surface area contributed by atoms with Gasteiger partial charge in [-0.05, 0) is 65.0 Å². The lowest BCUT2D eigenvalue weighted by Gasteiger charge is -2.38. The van der Waals surface area contributed by atoms with E-state index in [4.69, 9.17) is 4.74 Å². The number of halogens is 2. The van der Waals surface area contributed by atoms with Crippen molar-refractivity contribution in [3.05, 3.63) is 0 Å². The Morgan fingerprint density at radius 3 is 2.27 bits per heavy atom. The van der Waals surface area contributed by atoms with E-state index in [2.05, 4.69) is 29.0 Å². The summed E-state index contributed by atoms with van der Waals surface area (Å²) in [5.41, 5.74) is 0. The predicted octanol–water partition coefficient (Wildman–Crippen LogP) is 2.71. The van der Waals surface area contributed by atoms with E-state index in [-0.39, 0.29) is 30.9 Å². The molecule has 0 aromatic heterocycles. The van der Waals surface area contributed by atoms with Crippen molar-refractivity contribution < 1.29 is 9.53 Å². The lowest BCUT2D eigenvalue weighted by Crippen LogP contribution is -2.51. The van der Waals surface area contributed by atoms with E-state index in [1.54, 1.807) is 0 Å². The minimum Gasteiger partial charge on any atom is -0.373 e. The van der Waals surface area contributed by atoms with Crippen LogP contribution in [0.4, 0.5) is 0 Å². The predicted molar refractivity (Wildman–Crippen MR) is 111 cm³/mol. The Morgan fingerprint density at radius 2 is 1.69 bits per heavy atom. The number of carbonyl (C=O) groups is 1. The Hall–Kier alpha value is -0.0700. The van der Waals surface area contributed by atoms with E-state index >= 15 is 0 Å². The monoisotopic (exact) mass is 409 g/mol. The fourth-order valence-electron chi connectivity index (χ4n) is 4.56. The van der Waals surface area contributed by atoms with Crippen LogP contribution in [0.15, 0.2) is 0 Å². The van der Waals surface area contributed by atoms with E-state index in [0.29, 0.717) is 18.1 Å². The highest BCUT2D eigenvalue weighted by Crippen LogP contribution is 2.23. The van der Waals surface area contributed by atoms with Gasteiger partial charge in [-0.3, -0.25) is 9.69 Å². The number of nitrogens with one attached hydrogen (secondary N) is 1. The highest BCUT2D eigenvalue weighted by atomic mass is 35.5. The van der Waals surface area contributed by atoms with Crippen molar-refractivity contribution in [1.82, 2.24) is 15.1 Å². The summed E-state index contributed by atoms with van der Waals surface area (Å²) in [5, 5.41) is 3.39. The van der Waals surface area contributed by atoms with E-state index in [1.807, 2.05) is 0 Å². The molecule has 0 aliphatic carbocycles. The first kappa shape index (κ1) is 24.0. The number of rotatable bonds is 4. The summed E-state index contributed by atoms with van der Waals surface area (Å²) >= 11 is 0. The molecule has 1 N–H and O–H groups in total. The van der Waals surface area contributed by atoms with E-state index in [1.165, 1.54) is 38.6 Å². The molecule has 3 aliphatic heterocycles. The molecular weight excluding hydrogens is 373 g/mol. The first-order chi connectivity index (χ1) is 11.6. The average Bonchev–Trinajstić information content (AvgIpc) is 2.60. The van der Waals surface area contributed by atoms with Crippen LogP contribution in [0.3, 0.4) is 0 Å². The topological polar surface area (TPSA) is 44.8 Å². The fourth-order valence-corrected chi connectivity index (χ4v) is 4.56. The van der Waals surface area contributed by atoms with Crippen molar-refractivity contribution in [1.29, 1.82) is 0 Å². The van der Waals surface area contributed by atoms with Gasteiger partial charge in [0.25, 0.3) is 0 Å². The van der Waals surface area contributed by atoms with Gasteiger partial charge in [0, 0.05) is 26.2 Å². The zero-order chi connectivity index (χ0) is 16.9. The smallest absolute Gasteiger partial charge is 0.239 e. The highest BCUT2D eigenvalue weighted by Gasteiger charge is 2.29. The number of hydrogen-bond acceptors (Lipinski definition) is 4. The maximum Gasteiger partial charge on any atom is 0.239 e. The van der Waals surface area contributed by atoms with Crippen molar-refractivity contribution in [2.45, 2.75) is 70.6 Å². The SMILES string of the molecule is CC1CN(CCC2CCN(C(=O)[C@H]3CCCCN3)CC2)CC(C)O1.Cl.Cl. The van der Waals surface area contributed by atoms with Crippen LogP contribution in [0.5, 0.6) is 0 Å². The third-order valence-electron chi connectivity index (χ3n) is 5.88. The van der Waals surface area contributed by atoms with Crippen LogP contribution in [0.2, 0.25) is 0 Å². The molecule has 3 heterocycles. The Kier molecular flexibility index (Phi) is 10.8. The molecule has 3 fully saturated rings. The molecule has 3 atom stereocenters. The van der Waals surface area contributed by atoms with Crippen molar-refractivity contribution in [3.63, 3.8) is 0 Å². The minimum atomic E-state index is 0. The van der Waals surface area contributed by atoms with E-state index in [9.17, 15) is 4.79 Å². The Balaban J connectivity index is 0.00000169. The molecule has 3 saturated heterocycles. The second-order valence-electron chi connectivity index (χ2n) is 8.08. The molecule has 5 nitrogen and oxygen atoms in total. The maximum atomic E-state index is 12.6. The molecule has 0 aromatic carbocycles. The maximum absolute atomic E-state index is 12.6. The largest absolute Gasteiger partial charge is 0.373 e. The minimum absolute atomic E-state index is 0. The number of nitrogens with zero attached hydrogens (tertiary/aromatic N) is 2. The van der Waals surface area contributed by atoms with Crippen LogP contribution in [0.1, 0.15) is 52.4 Å². The van der Waals surface area contributed by atoms with Crippen LogP contribution in [-0.4, -0.2) is 73.2 Å². The highest BCUT2D eigenvalue weighted by molar-refractivity contribution is 5.85. The molecule has 7 heteroatoms. The first-order valence-electron chi connectivity index (χ1n) is 10.0. The first-order valence-corrected chi connectivity index (χ1v) is 10.0. The molecule has 0 radical (unpaired) electrons. The van der Waals surface area contributed by atoms with Crippen LogP contribution >= 0.6 is 24.8 Å². The lowest BCUT2D eigenvalue weighted by atomic mass is 9.92. The summed E-state index contributed by atoms with van der Waals surface area (Å²) in [5.74, 6) is 1.13. The summed E-state index contributed by atoms with van der Waals surface area (Å²) < 4.78 is 5.81. The standard InChI is InChI=1S/C19H35N3O2.2ClH/c1-15-13-21(14-16(2)24-15)10-6-17-7-11-22(12-8-17)19(23)18-5-3-4-9-20-18;;/h15-18,20H,3-14H2,1-2H3;2*1H/t15?,16?,18-;;/m1../s1. The van der Waals surface area contributed by atoms with E-state index < -0.39 is 0 Å². The quantitative estimate of drug-likeness (QED) is 0.774. The van der Waals surface area contributed by atoms with Crippen molar-refractivity contribution in [2.24, 2.45) is 5.92 Å². The molecule has 0 saturated carbocycles. The number of piperidine rings is 2. The van der Waals surface area contributed by atoms with Gasteiger partial charge >= 0.3 is 0 Å². The molecule has 0 aromatic rings. The van der Waals surface area contributed by atoms with Gasteiger partial charge in [-0.2, -0.15) is 0 Å². The summed E-state index contributed by atoms with van der Waals surface area (Å²) in [6.45, 7) is 10.6. The zero-order valence-electron chi connectivity index (χ0n) is 16.3. The van der Waals surface area contributed by atoms with Crippen molar-refractivity contribution >= 4 is 30.7 Å². The van der Waals surface area contributed by atoms with Gasteiger partial charge in [-0.1, -0.05) is 6.42 Å². The molecule has 0 bridgehead atoms.